The van der Waals surface area contributed by atoms with Crippen molar-refractivity contribution < 1.29 is 14.4 Å². The van der Waals surface area contributed by atoms with Gasteiger partial charge in [0.15, 0.2) is 0 Å². The van der Waals surface area contributed by atoms with Crippen molar-refractivity contribution in [1.29, 1.82) is 0 Å². The molecule has 92 valence electrons. The summed E-state index contributed by atoms with van der Waals surface area (Å²) in [6.07, 6.45) is 5.25. The van der Waals surface area contributed by atoms with Gasteiger partial charge in [0.1, 0.15) is 17.3 Å². The molecule has 0 heterocycles. The lowest BCUT2D eigenvalue weighted by Gasteiger charge is -2.00. The third-order valence-corrected chi connectivity index (χ3v) is 2.42. The number of hydrogen-bond donors (Lipinski definition) is 0. The molecule has 0 aliphatic rings. The minimum absolute atomic E-state index is 0.0179. The molecule has 0 N–H and O–H groups in total. The molecule has 0 rings (SSSR count). The van der Waals surface area contributed by atoms with Gasteiger partial charge >= 0.3 is 0 Å². The number of carbonyl (C=O) groups is 3. The van der Waals surface area contributed by atoms with Gasteiger partial charge in [-0.05, 0) is 19.8 Å². The molecular formula is C13H22O3. The number of carbonyl (C=O) groups excluding carboxylic acids is 3. The molecule has 0 saturated carbocycles. The first-order valence-electron chi connectivity index (χ1n) is 6.09. The van der Waals surface area contributed by atoms with Gasteiger partial charge in [-0.1, -0.05) is 19.8 Å². The topological polar surface area (TPSA) is 51.2 Å². The van der Waals surface area contributed by atoms with E-state index in [2.05, 4.69) is 6.92 Å². The second-order valence-corrected chi connectivity index (χ2v) is 4.27. The molecule has 0 saturated heterocycles. The smallest absolute Gasteiger partial charge is 0.140 e. The Morgan fingerprint density at radius 1 is 0.812 bits per heavy atom. The van der Waals surface area contributed by atoms with Gasteiger partial charge in [0.2, 0.25) is 0 Å². The highest BCUT2D eigenvalue weighted by Gasteiger charge is 2.07. The lowest BCUT2D eigenvalue weighted by molar-refractivity contribution is -0.125. The maximum Gasteiger partial charge on any atom is 0.140 e. The SMILES string of the molecule is CCCCCC(=O)CCCC(=O)CC(C)=O. The zero-order chi connectivity index (χ0) is 12.4. The molecule has 0 bridgehead atoms. The molecule has 0 unspecified atom stereocenters. The van der Waals surface area contributed by atoms with Crippen LogP contribution in [0.3, 0.4) is 0 Å². The highest BCUT2D eigenvalue weighted by atomic mass is 16.1. The normalized spacial score (nSPS) is 10.1. The van der Waals surface area contributed by atoms with Crippen LogP contribution in [0.5, 0.6) is 0 Å². The molecule has 0 amide bonds. The van der Waals surface area contributed by atoms with E-state index < -0.39 is 0 Å². The Kier molecular flexibility index (Phi) is 8.68. The van der Waals surface area contributed by atoms with Crippen molar-refractivity contribution in [3.05, 3.63) is 0 Å². The maximum absolute atomic E-state index is 11.3. The molecule has 0 aromatic heterocycles. The Balaban J connectivity index is 3.46. The van der Waals surface area contributed by atoms with Crippen molar-refractivity contribution in [1.82, 2.24) is 0 Å². The number of hydrogen-bond acceptors (Lipinski definition) is 3. The zero-order valence-corrected chi connectivity index (χ0v) is 10.4. The Morgan fingerprint density at radius 2 is 1.38 bits per heavy atom. The third kappa shape index (κ3) is 9.56. The Labute approximate surface area is 97.6 Å². The van der Waals surface area contributed by atoms with Crippen LogP contribution in [0, 0.1) is 0 Å². The molecule has 0 fully saturated rings. The number of ketones is 3. The van der Waals surface area contributed by atoms with Crippen LogP contribution in [0.2, 0.25) is 0 Å². The van der Waals surface area contributed by atoms with Crippen molar-refractivity contribution in [3.8, 4) is 0 Å². The third-order valence-electron chi connectivity index (χ3n) is 2.42. The Hall–Kier alpha value is -0.990. The van der Waals surface area contributed by atoms with Crippen LogP contribution >= 0.6 is 0 Å². The van der Waals surface area contributed by atoms with Gasteiger partial charge in [-0.2, -0.15) is 0 Å². The molecule has 3 nitrogen and oxygen atoms in total. The molecule has 0 atom stereocenters. The molecule has 16 heavy (non-hydrogen) atoms. The molecule has 0 aliphatic carbocycles. The molecule has 0 aromatic rings. The van der Waals surface area contributed by atoms with Crippen LogP contribution in [-0.2, 0) is 14.4 Å². The fourth-order valence-electron chi connectivity index (χ4n) is 1.55. The molecule has 0 aliphatic heterocycles. The minimum Gasteiger partial charge on any atom is -0.300 e. The first kappa shape index (κ1) is 15.0. The van der Waals surface area contributed by atoms with E-state index in [4.69, 9.17) is 0 Å². The van der Waals surface area contributed by atoms with Crippen LogP contribution in [0.15, 0.2) is 0 Å². The average molecular weight is 226 g/mol. The summed E-state index contributed by atoms with van der Waals surface area (Å²) in [7, 11) is 0. The first-order chi connectivity index (χ1) is 7.56. The summed E-state index contributed by atoms with van der Waals surface area (Å²) in [4.78, 5) is 33.1. The molecule has 0 spiro atoms. The van der Waals surface area contributed by atoms with Crippen molar-refractivity contribution in [2.75, 3.05) is 0 Å². The molecular weight excluding hydrogens is 204 g/mol. The van der Waals surface area contributed by atoms with Crippen molar-refractivity contribution in [2.24, 2.45) is 0 Å². The first-order valence-corrected chi connectivity index (χ1v) is 6.09. The van der Waals surface area contributed by atoms with E-state index in [1.54, 1.807) is 0 Å². The maximum atomic E-state index is 11.3. The van der Waals surface area contributed by atoms with Gasteiger partial charge in [-0.25, -0.2) is 0 Å². The highest BCUT2D eigenvalue weighted by Crippen LogP contribution is 2.06. The van der Waals surface area contributed by atoms with Crippen LogP contribution in [-0.4, -0.2) is 17.3 Å². The average Bonchev–Trinajstić information content (AvgIpc) is 2.17. The molecule has 0 radical (unpaired) electrons. The fraction of sp³-hybridized carbons (Fsp3) is 0.769. The van der Waals surface area contributed by atoms with Crippen molar-refractivity contribution in [3.63, 3.8) is 0 Å². The summed E-state index contributed by atoms with van der Waals surface area (Å²) in [6, 6.07) is 0. The Morgan fingerprint density at radius 3 is 1.94 bits per heavy atom. The van der Waals surface area contributed by atoms with E-state index in [1.165, 1.54) is 6.92 Å². The fourth-order valence-corrected chi connectivity index (χ4v) is 1.55. The van der Waals surface area contributed by atoms with Crippen LogP contribution in [0.4, 0.5) is 0 Å². The summed E-state index contributed by atoms with van der Waals surface area (Å²) in [5.41, 5.74) is 0. The van der Waals surface area contributed by atoms with Gasteiger partial charge in [-0.15, -0.1) is 0 Å². The Bertz CT molecular complexity index is 244. The number of unbranched alkanes of at least 4 members (excludes halogenated alkanes) is 2. The van der Waals surface area contributed by atoms with E-state index in [-0.39, 0.29) is 23.8 Å². The van der Waals surface area contributed by atoms with E-state index >= 15 is 0 Å². The standard InChI is InChI=1S/C13H22O3/c1-3-4-5-7-12(15)8-6-9-13(16)10-11(2)14/h3-10H2,1-2H3. The van der Waals surface area contributed by atoms with Gasteiger partial charge < -0.3 is 0 Å². The summed E-state index contributed by atoms with van der Waals surface area (Å²) in [6.45, 7) is 3.51. The molecule has 3 heteroatoms. The summed E-state index contributed by atoms with van der Waals surface area (Å²) in [5.74, 6) is 0.0946. The van der Waals surface area contributed by atoms with Crippen LogP contribution in [0.1, 0.15) is 65.2 Å². The van der Waals surface area contributed by atoms with E-state index in [1.807, 2.05) is 0 Å². The number of rotatable bonds is 10. The van der Waals surface area contributed by atoms with Gasteiger partial charge in [0.05, 0.1) is 6.42 Å². The second kappa shape index (κ2) is 9.25. The van der Waals surface area contributed by atoms with Gasteiger partial charge in [-0.3, -0.25) is 14.4 Å². The van der Waals surface area contributed by atoms with E-state index in [0.717, 1.165) is 19.3 Å². The summed E-state index contributed by atoms with van der Waals surface area (Å²) in [5, 5.41) is 0. The van der Waals surface area contributed by atoms with Gasteiger partial charge in [0, 0.05) is 19.3 Å². The van der Waals surface area contributed by atoms with E-state index in [0.29, 0.717) is 25.7 Å². The van der Waals surface area contributed by atoms with E-state index in [9.17, 15) is 14.4 Å². The lowest BCUT2D eigenvalue weighted by Crippen LogP contribution is -2.05. The second-order valence-electron chi connectivity index (χ2n) is 4.27. The zero-order valence-electron chi connectivity index (χ0n) is 10.4. The number of Topliss-reactive ketones (excluding diaryl/α,β-unsaturated/α-hetero) is 3. The molecule has 0 aromatic carbocycles. The highest BCUT2D eigenvalue weighted by molar-refractivity contribution is 5.98. The van der Waals surface area contributed by atoms with Crippen LogP contribution in [0.25, 0.3) is 0 Å². The largest absolute Gasteiger partial charge is 0.300 e. The monoisotopic (exact) mass is 226 g/mol. The van der Waals surface area contributed by atoms with Gasteiger partial charge in [0.25, 0.3) is 0 Å². The summed E-state index contributed by atoms with van der Waals surface area (Å²) >= 11 is 0. The van der Waals surface area contributed by atoms with Crippen molar-refractivity contribution >= 4 is 17.3 Å². The predicted molar refractivity (Wildman–Crippen MR) is 63.3 cm³/mol. The predicted octanol–water partition coefficient (Wildman–Crippen LogP) is 2.85. The quantitative estimate of drug-likeness (QED) is 0.425. The summed E-state index contributed by atoms with van der Waals surface area (Å²) < 4.78 is 0. The minimum atomic E-state index is -0.0979. The van der Waals surface area contributed by atoms with Crippen molar-refractivity contribution in [2.45, 2.75) is 65.2 Å². The lowest BCUT2D eigenvalue weighted by atomic mass is 10.0. The van der Waals surface area contributed by atoms with Crippen LogP contribution < -0.4 is 0 Å².